The molecule has 1 aliphatic carbocycles. The van der Waals surface area contributed by atoms with Crippen LogP contribution in [-0.2, 0) is 19.4 Å². The average Bonchev–Trinajstić information content (AvgIpc) is 2.97. The fourth-order valence-electron chi connectivity index (χ4n) is 3.31. The summed E-state index contributed by atoms with van der Waals surface area (Å²) in [5, 5.41) is 5.27. The highest BCUT2D eigenvalue weighted by Gasteiger charge is 2.20. The molecule has 4 nitrogen and oxygen atoms in total. The molecule has 0 bridgehead atoms. The van der Waals surface area contributed by atoms with Crippen molar-refractivity contribution in [1.82, 2.24) is 10.1 Å². The van der Waals surface area contributed by atoms with Gasteiger partial charge in [-0.1, -0.05) is 17.3 Å². The summed E-state index contributed by atoms with van der Waals surface area (Å²) in [6.45, 7) is 4.52. The topological polar surface area (TPSA) is 48.2 Å². The zero-order valence-corrected chi connectivity index (χ0v) is 13.6. The molecule has 0 N–H and O–H groups in total. The van der Waals surface area contributed by atoms with E-state index in [0.29, 0.717) is 6.61 Å². The number of ether oxygens (including phenoxy) is 1. The van der Waals surface area contributed by atoms with Crippen molar-refractivity contribution < 1.29 is 9.26 Å². The number of hydrogen-bond acceptors (Lipinski definition) is 4. The molecule has 1 aromatic carbocycles. The maximum atomic E-state index is 6.10. The number of aryl methyl sites for hydroxylation is 3. The Labute approximate surface area is 135 Å². The van der Waals surface area contributed by atoms with Crippen molar-refractivity contribution in [3.8, 4) is 5.75 Å². The minimum atomic E-state index is 0.450. The molecular weight excluding hydrogens is 288 g/mol. The van der Waals surface area contributed by atoms with E-state index in [1.54, 1.807) is 0 Å². The summed E-state index contributed by atoms with van der Waals surface area (Å²) in [5.74, 6) is 1.91. The van der Waals surface area contributed by atoms with Crippen LogP contribution in [0.1, 0.15) is 41.1 Å². The molecule has 23 heavy (non-hydrogen) atoms. The lowest BCUT2D eigenvalue weighted by molar-refractivity contribution is 0.289. The summed E-state index contributed by atoms with van der Waals surface area (Å²) in [6, 6.07) is 8.17. The van der Waals surface area contributed by atoms with Crippen LogP contribution in [-0.4, -0.2) is 10.1 Å². The first kappa shape index (κ1) is 14.2. The van der Waals surface area contributed by atoms with Crippen molar-refractivity contribution in [3.63, 3.8) is 0 Å². The maximum Gasteiger partial charge on any atom is 0.140 e. The Morgan fingerprint density at radius 3 is 2.96 bits per heavy atom. The summed E-state index contributed by atoms with van der Waals surface area (Å²) < 4.78 is 11.6. The van der Waals surface area contributed by atoms with Crippen molar-refractivity contribution in [2.45, 2.75) is 46.1 Å². The fraction of sp³-hybridized carbons (Fsp3) is 0.368. The largest absolute Gasteiger partial charge is 0.486 e. The normalized spacial score (nSPS) is 14.0. The van der Waals surface area contributed by atoms with Gasteiger partial charge in [0.25, 0.3) is 0 Å². The van der Waals surface area contributed by atoms with E-state index in [1.807, 2.05) is 19.1 Å². The number of fused-ring (bicyclic) bond motifs is 2. The van der Waals surface area contributed by atoms with E-state index in [1.165, 1.54) is 18.4 Å². The Hall–Kier alpha value is -2.36. The second-order valence-corrected chi connectivity index (χ2v) is 6.26. The van der Waals surface area contributed by atoms with Crippen LogP contribution in [0.4, 0.5) is 0 Å². The van der Waals surface area contributed by atoms with Crippen LogP contribution in [0.25, 0.3) is 10.9 Å². The van der Waals surface area contributed by atoms with Gasteiger partial charge in [-0.25, -0.2) is 0 Å². The van der Waals surface area contributed by atoms with Crippen molar-refractivity contribution in [2.24, 2.45) is 0 Å². The molecule has 2 aromatic heterocycles. The van der Waals surface area contributed by atoms with E-state index >= 15 is 0 Å². The quantitative estimate of drug-likeness (QED) is 0.724. The van der Waals surface area contributed by atoms with Gasteiger partial charge in [-0.05, 0) is 44.7 Å². The Morgan fingerprint density at radius 2 is 2.04 bits per heavy atom. The van der Waals surface area contributed by atoms with Crippen molar-refractivity contribution in [2.75, 3.05) is 0 Å². The molecule has 0 saturated carbocycles. The molecule has 2 heterocycles. The average molecular weight is 308 g/mol. The van der Waals surface area contributed by atoms with Crippen LogP contribution < -0.4 is 4.74 Å². The standard InChI is InChI=1S/C19H20N2O2/c1-12-6-5-8-15-18(10-13(2)20-19(12)15)22-11-16-14-7-3-4-9-17(14)23-21-16/h5-6,8,10H,3-4,7,9,11H2,1-2H3. The lowest BCUT2D eigenvalue weighted by Crippen LogP contribution is -2.05. The second kappa shape index (κ2) is 5.69. The van der Waals surface area contributed by atoms with Gasteiger partial charge in [0.15, 0.2) is 0 Å². The lowest BCUT2D eigenvalue weighted by atomic mass is 9.97. The van der Waals surface area contributed by atoms with Gasteiger partial charge in [-0.15, -0.1) is 0 Å². The molecule has 1 aliphatic rings. The van der Waals surface area contributed by atoms with Crippen LogP contribution in [0.3, 0.4) is 0 Å². The van der Waals surface area contributed by atoms with Gasteiger partial charge < -0.3 is 9.26 Å². The van der Waals surface area contributed by atoms with Crippen molar-refractivity contribution >= 4 is 10.9 Å². The molecule has 118 valence electrons. The first-order valence-electron chi connectivity index (χ1n) is 8.18. The number of nitrogens with zero attached hydrogens (tertiary/aromatic N) is 2. The first-order valence-corrected chi connectivity index (χ1v) is 8.18. The number of para-hydroxylation sites is 1. The fourth-order valence-corrected chi connectivity index (χ4v) is 3.31. The predicted molar refractivity (Wildman–Crippen MR) is 88.7 cm³/mol. The zero-order chi connectivity index (χ0) is 15.8. The SMILES string of the molecule is Cc1cc(OCc2noc3c2CCCC3)c2cccc(C)c2n1. The van der Waals surface area contributed by atoms with Crippen LogP contribution >= 0.6 is 0 Å². The van der Waals surface area contributed by atoms with Crippen LogP contribution in [0, 0.1) is 13.8 Å². The Kier molecular flexibility index (Phi) is 3.52. The summed E-state index contributed by atoms with van der Waals surface area (Å²) in [6.07, 6.45) is 4.44. The monoisotopic (exact) mass is 308 g/mol. The number of hydrogen-bond donors (Lipinski definition) is 0. The summed E-state index contributed by atoms with van der Waals surface area (Å²) in [4.78, 5) is 4.64. The van der Waals surface area contributed by atoms with Gasteiger partial charge in [0.05, 0.1) is 5.52 Å². The lowest BCUT2D eigenvalue weighted by Gasteiger charge is -2.12. The molecule has 4 rings (SSSR count). The zero-order valence-electron chi connectivity index (χ0n) is 13.6. The molecule has 0 radical (unpaired) electrons. The molecule has 4 heteroatoms. The van der Waals surface area contributed by atoms with Crippen molar-refractivity contribution in [3.05, 3.63) is 52.5 Å². The first-order chi connectivity index (χ1) is 11.2. The third kappa shape index (κ3) is 2.58. The molecule has 0 spiro atoms. The number of pyridine rings is 1. The molecule has 0 aliphatic heterocycles. The van der Waals surface area contributed by atoms with Crippen LogP contribution in [0.15, 0.2) is 28.8 Å². The van der Waals surface area contributed by atoms with E-state index in [9.17, 15) is 0 Å². The number of benzene rings is 1. The Balaban J connectivity index is 1.66. The number of aromatic nitrogens is 2. The third-order valence-electron chi connectivity index (χ3n) is 4.53. The Morgan fingerprint density at radius 1 is 1.17 bits per heavy atom. The van der Waals surface area contributed by atoms with E-state index in [4.69, 9.17) is 9.26 Å². The molecule has 0 saturated heterocycles. The van der Waals surface area contributed by atoms with E-state index in [0.717, 1.165) is 52.2 Å². The van der Waals surface area contributed by atoms with Gasteiger partial charge >= 0.3 is 0 Å². The minimum absolute atomic E-state index is 0.450. The van der Waals surface area contributed by atoms with Gasteiger partial charge in [0.1, 0.15) is 23.8 Å². The van der Waals surface area contributed by atoms with E-state index < -0.39 is 0 Å². The van der Waals surface area contributed by atoms with E-state index in [-0.39, 0.29) is 0 Å². The highest BCUT2D eigenvalue weighted by molar-refractivity contribution is 5.87. The van der Waals surface area contributed by atoms with Gasteiger partial charge in [0, 0.05) is 29.1 Å². The summed E-state index contributed by atoms with van der Waals surface area (Å²) in [7, 11) is 0. The molecule has 0 unspecified atom stereocenters. The minimum Gasteiger partial charge on any atom is -0.486 e. The van der Waals surface area contributed by atoms with Gasteiger partial charge in [0.2, 0.25) is 0 Å². The molecule has 0 fully saturated rings. The molecule has 0 amide bonds. The molecular formula is C19H20N2O2. The summed E-state index contributed by atoms with van der Waals surface area (Å²) >= 11 is 0. The maximum absolute atomic E-state index is 6.10. The van der Waals surface area contributed by atoms with Crippen LogP contribution in [0.5, 0.6) is 5.75 Å². The Bertz CT molecular complexity index is 867. The van der Waals surface area contributed by atoms with Crippen LogP contribution in [0.2, 0.25) is 0 Å². The molecule has 3 aromatic rings. The molecule has 0 atom stereocenters. The smallest absolute Gasteiger partial charge is 0.140 e. The van der Waals surface area contributed by atoms with Crippen molar-refractivity contribution in [1.29, 1.82) is 0 Å². The van der Waals surface area contributed by atoms with Gasteiger partial charge in [-0.2, -0.15) is 0 Å². The van der Waals surface area contributed by atoms with Gasteiger partial charge in [-0.3, -0.25) is 4.98 Å². The number of rotatable bonds is 3. The highest BCUT2D eigenvalue weighted by Crippen LogP contribution is 2.29. The highest BCUT2D eigenvalue weighted by atomic mass is 16.5. The second-order valence-electron chi connectivity index (χ2n) is 6.26. The summed E-state index contributed by atoms with van der Waals surface area (Å²) in [5.41, 5.74) is 5.32. The third-order valence-corrected chi connectivity index (χ3v) is 4.53. The van der Waals surface area contributed by atoms with E-state index in [2.05, 4.69) is 29.2 Å². The predicted octanol–water partition coefficient (Wildman–Crippen LogP) is 4.30.